The standard InChI is InChI=1S/C27H25N5O4S3/c1-5-37-27-32-31-26(39-27)30-23(33)15-38-25-19(14-28)18(13-20(29-25)16-9-7-6-8-10-16)17-11-21(34-2)24(36-4)22(12-17)35-3/h6-13H,5,15H2,1-4H3,(H,30,31,33). The van der Waals surface area contributed by atoms with E-state index in [9.17, 15) is 10.1 Å². The fraction of sp³-hybridized carbons (Fsp3) is 0.222. The van der Waals surface area contributed by atoms with Gasteiger partial charge in [-0.05, 0) is 29.5 Å². The Hall–Kier alpha value is -3.79. The topological polar surface area (TPSA) is 119 Å². The van der Waals surface area contributed by atoms with Gasteiger partial charge in [-0.15, -0.1) is 10.2 Å². The minimum Gasteiger partial charge on any atom is -0.493 e. The van der Waals surface area contributed by atoms with E-state index >= 15 is 0 Å². The van der Waals surface area contributed by atoms with Crippen LogP contribution in [0.4, 0.5) is 5.13 Å². The smallest absolute Gasteiger partial charge is 0.236 e. The van der Waals surface area contributed by atoms with Gasteiger partial charge in [0.25, 0.3) is 0 Å². The Morgan fingerprint density at radius 3 is 2.33 bits per heavy atom. The number of hydrogen-bond acceptors (Lipinski definition) is 11. The van der Waals surface area contributed by atoms with Crippen LogP contribution < -0.4 is 19.5 Å². The average molecular weight is 580 g/mol. The second-order valence-corrected chi connectivity index (χ2v) is 11.2. The molecule has 0 aliphatic rings. The maximum atomic E-state index is 12.7. The molecule has 9 nitrogen and oxygen atoms in total. The minimum atomic E-state index is -0.269. The summed E-state index contributed by atoms with van der Waals surface area (Å²) in [6.45, 7) is 2.02. The summed E-state index contributed by atoms with van der Waals surface area (Å²) >= 11 is 4.06. The maximum absolute atomic E-state index is 12.7. The lowest BCUT2D eigenvalue weighted by Gasteiger charge is -2.16. The molecule has 0 atom stereocenters. The van der Waals surface area contributed by atoms with E-state index in [0.29, 0.717) is 49.8 Å². The zero-order chi connectivity index (χ0) is 27.8. The van der Waals surface area contributed by atoms with Crippen LogP contribution in [0.2, 0.25) is 0 Å². The lowest BCUT2D eigenvalue weighted by Crippen LogP contribution is -2.14. The summed E-state index contributed by atoms with van der Waals surface area (Å²) in [5.41, 5.74) is 3.17. The molecule has 0 spiro atoms. The van der Waals surface area contributed by atoms with E-state index in [2.05, 4.69) is 21.6 Å². The van der Waals surface area contributed by atoms with Crippen molar-refractivity contribution in [3.05, 3.63) is 54.1 Å². The highest BCUT2D eigenvalue weighted by Gasteiger charge is 2.21. The van der Waals surface area contributed by atoms with Gasteiger partial charge in [0.15, 0.2) is 15.8 Å². The summed E-state index contributed by atoms with van der Waals surface area (Å²) < 4.78 is 17.3. The summed E-state index contributed by atoms with van der Waals surface area (Å²) in [5, 5.41) is 21.9. The molecule has 1 N–H and O–H groups in total. The molecule has 0 saturated carbocycles. The van der Waals surface area contributed by atoms with Gasteiger partial charge in [0, 0.05) is 11.1 Å². The molecule has 0 bridgehead atoms. The summed E-state index contributed by atoms with van der Waals surface area (Å²) in [5.74, 6) is 2.00. The third-order valence-electron chi connectivity index (χ3n) is 5.40. The first-order valence-corrected chi connectivity index (χ1v) is 14.5. The number of nitrogens with zero attached hydrogens (tertiary/aromatic N) is 4. The van der Waals surface area contributed by atoms with E-state index in [4.69, 9.17) is 19.2 Å². The monoisotopic (exact) mass is 579 g/mol. The quantitative estimate of drug-likeness (QED) is 0.167. The largest absolute Gasteiger partial charge is 0.493 e. The van der Waals surface area contributed by atoms with Crippen molar-refractivity contribution in [3.63, 3.8) is 0 Å². The van der Waals surface area contributed by atoms with E-state index in [1.807, 2.05) is 43.3 Å². The van der Waals surface area contributed by atoms with Crippen molar-refractivity contribution in [1.82, 2.24) is 15.2 Å². The number of rotatable bonds is 11. The first-order valence-electron chi connectivity index (χ1n) is 11.7. The Balaban J connectivity index is 1.73. The van der Waals surface area contributed by atoms with Crippen LogP contribution in [-0.4, -0.2) is 53.9 Å². The molecular formula is C27H25N5O4S3. The molecule has 1 amide bonds. The van der Waals surface area contributed by atoms with Crippen LogP contribution in [0, 0.1) is 11.3 Å². The zero-order valence-electron chi connectivity index (χ0n) is 21.7. The van der Waals surface area contributed by atoms with Crippen LogP contribution in [0.3, 0.4) is 0 Å². The van der Waals surface area contributed by atoms with E-state index < -0.39 is 0 Å². The number of nitriles is 1. The van der Waals surface area contributed by atoms with Crippen molar-refractivity contribution in [2.45, 2.75) is 16.3 Å². The second-order valence-electron chi connectivity index (χ2n) is 7.77. The molecular weight excluding hydrogens is 555 g/mol. The number of aromatic nitrogens is 3. The second kappa shape index (κ2) is 13.3. The van der Waals surface area contributed by atoms with Gasteiger partial charge in [0.1, 0.15) is 11.1 Å². The van der Waals surface area contributed by atoms with Crippen LogP contribution >= 0.6 is 34.9 Å². The molecule has 0 saturated heterocycles. The summed E-state index contributed by atoms with van der Waals surface area (Å²) in [6, 6.07) is 17.4. The van der Waals surface area contributed by atoms with E-state index in [1.54, 1.807) is 23.9 Å². The Labute approximate surface area is 238 Å². The highest BCUT2D eigenvalue weighted by atomic mass is 32.2. The molecule has 2 aromatic carbocycles. The van der Waals surface area contributed by atoms with Crippen molar-refractivity contribution in [1.29, 1.82) is 5.26 Å². The van der Waals surface area contributed by atoms with Crippen LogP contribution in [0.15, 0.2) is 57.9 Å². The fourth-order valence-corrected chi connectivity index (χ4v) is 6.15. The van der Waals surface area contributed by atoms with Crippen molar-refractivity contribution in [3.8, 4) is 45.7 Å². The molecule has 39 heavy (non-hydrogen) atoms. The fourth-order valence-electron chi connectivity index (χ4n) is 3.69. The molecule has 0 aliphatic heterocycles. The lowest BCUT2D eigenvalue weighted by atomic mass is 9.98. The van der Waals surface area contributed by atoms with E-state index in [1.165, 1.54) is 44.4 Å². The molecule has 12 heteroatoms. The molecule has 4 rings (SSSR count). The highest BCUT2D eigenvalue weighted by molar-refractivity contribution is 8.01. The SMILES string of the molecule is CCSc1nnc(NC(=O)CSc2nc(-c3ccccc3)cc(-c3cc(OC)c(OC)c(OC)c3)c2C#N)s1. The van der Waals surface area contributed by atoms with Gasteiger partial charge in [-0.1, -0.05) is 72.1 Å². The Morgan fingerprint density at radius 2 is 1.72 bits per heavy atom. The Morgan fingerprint density at radius 1 is 1.00 bits per heavy atom. The van der Waals surface area contributed by atoms with Crippen LogP contribution in [0.25, 0.3) is 22.4 Å². The number of amides is 1. The van der Waals surface area contributed by atoms with E-state index in [-0.39, 0.29) is 11.7 Å². The van der Waals surface area contributed by atoms with Crippen molar-refractivity contribution in [2.75, 3.05) is 38.2 Å². The van der Waals surface area contributed by atoms with Crippen molar-refractivity contribution >= 4 is 45.9 Å². The number of carbonyl (C=O) groups is 1. The molecule has 2 heterocycles. The Kier molecular flexibility index (Phi) is 9.64. The molecule has 0 aliphatic carbocycles. The predicted octanol–water partition coefficient (Wildman–Crippen LogP) is 6.01. The number of anilines is 1. The van der Waals surface area contributed by atoms with Gasteiger partial charge in [-0.3, -0.25) is 10.1 Å². The van der Waals surface area contributed by atoms with Crippen molar-refractivity contribution < 1.29 is 19.0 Å². The molecule has 2 aromatic heterocycles. The lowest BCUT2D eigenvalue weighted by molar-refractivity contribution is -0.113. The maximum Gasteiger partial charge on any atom is 0.236 e. The Bertz CT molecular complexity index is 1480. The number of hydrogen-bond donors (Lipinski definition) is 1. The van der Waals surface area contributed by atoms with Crippen LogP contribution in [-0.2, 0) is 4.79 Å². The summed E-state index contributed by atoms with van der Waals surface area (Å²) in [4.78, 5) is 17.5. The minimum absolute atomic E-state index is 0.0322. The van der Waals surface area contributed by atoms with E-state index in [0.717, 1.165) is 15.7 Å². The van der Waals surface area contributed by atoms with Gasteiger partial charge < -0.3 is 14.2 Å². The average Bonchev–Trinajstić information content (AvgIpc) is 3.41. The van der Waals surface area contributed by atoms with Gasteiger partial charge >= 0.3 is 0 Å². The number of nitrogens with one attached hydrogen (secondary N) is 1. The van der Waals surface area contributed by atoms with Gasteiger partial charge in [-0.2, -0.15) is 5.26 Å². The first-order chi connectivity index (χ1) is 19.0. The summed E-state index contributed by atoms with van der Waals surface area (Å²) in [6.07, 6.45) is 0. The predicted molar refractivity (Wildman–Crippen MR) is 155 cm³/mol. The normalized spacial score (nSPS) is 10.5. The zero-order valence-corrected chi connectivity index (χ0v) is 24.1. The molecule has 200 valence electrons. The molecule has 0 unspecified atom stereocenters. The van der Waals surface area contributed by atoms with Crippen molar-refractivity contribution in [2.24, 2.45) is 0 Å². The van der Waals surface area contributed by atoms with Crippen LogP contribution in [0.5, 0.6) is 17.2 Å². The van der Waals surface area contributed by atoms with Gasteiger partial charge in [0.05, 0.1) is 38.3 Å². The molecule has 0 fully saturated rings. The third-order valence-corrected chi connectivity index (χ3v) is 8.23. The third kappa shape index (κ3) is 6.62. The number of pyridine rings is 1. The van der Waals surface area contributed by atoms with Gasteiger partial charge in [0.2, 0.25) is 16.8 Å². The summed E-state index contributed by atoms with van der Waals surface area (Å²) in [7, 11) is 4.61. The van der Waals surface area contributed by atoms with Crippen LogP contribution in [0.1, 0.15) is 12.5 Å². The number of benzene rings is 2. The molecule has 0 radical (unpaired) electrons. The number of methoxy groups -OCH3 is 3. The highest BCUT2D eigenvalue weighted by Crippen LogP contribution is 2.43. The number of ether oxygens (including phenoxy) is 3. The first kappa shape index (κ1) is 28.2. The number of carbonyl (C=O) groups excluding carboxylic acids is 1. The number of thioether (sulfide) groups is 2. The molecule has 4 aromatic rings. The van der Waals surface area contributed by atoms with Gasteiger partial charge in [-0.25, -0.2) is 4.98 Å².